The van der Waals surface area contributed by atoms with Crippen LogP contribution in [0.5, 0.6) is 0 Å². The summed E-state index contributed by atoms with van der Waals surface area (Å²) in [5.74, 6) is 0.743. The van der Waals surface area contributed by atoms with Crippen LogP contribution in [0.3, 0.4) is 0 Å². The third-order valence-electron chi connectivity index (χ3n) is 2.83. The van der Waals surface area contributed by atoms with Crippen molar-refractivity contribution in [3.05, 3.63) is 41.2 Å². The van der Waals surface area contributed by atoms with Gasteiger partial charge in [-0.1, -0.05) is 18.2 Å². The quantitative estimate of drug-likeness (QED) is 0.732. The Morgan fingerprint density at radius 1 is 1.35 bits per heavy atom. The van der Waals surface area contributed by atoms with Crippen molar-refractivity contribution in [2.45, 2.75) is 13.3 Å². The minimum absolute atomic E-state index is 0.0521. The van der Waals surface area contributed by atoms with E-state index in [0.29, 0.717) is 12.2 Å². The molecule has 5 nitrogen and oxygen atoms in total. The average Bonchev–Trinajstić information content (AvgIpc) is 2.71. The van der Waals surface area contributed by atoms with Crippen molar-refractivity contribution < 1.29 is 4.79 Å². The number of rotatable bonds is 1. The second kappa shape index (κ2) is 3.62. The fourth-order valence-corrected chi connectivity index (χ4v) is 1.94. The Hall–Kier alpha value is -2.30. The van der Waals surface area contributed by atoms with Crippen molar-refractivity contribution in [1.29, 1.82) is 0 Å². The van der Waals surface area contributed by atoms with Crippen LogP contribution in [0, 0.1) is 0 Å². The molecule has 1 aliphatic rings. The first-order valence-corrected chi connectivity index (χ1v) is 5.34. The second-order valence-electron chi connectivity index (χ2n) is 3.97. The predicted octanol–water partition coefficient (Wildman–Crippen LogP) is 1.19. The minimum atomic E-state index is 0.0521. The fourth-order valence-electron chi connectivity index (χ4n) is 1.94. The molecule has 2 heterocycles. The van der Waals surface area contributed by atoms with Crippen molar-refractivity contribution in [3.63, 3.8) is 0 Å². The van der Waals surface area contributed by atoms with Crippen LogP contribution in [0.2, 0.25) is 0 Å². The number of fused-ring (bicyclic) bond motifs is 3. The van der Waals surface area contributed by atoms with Crippen LogP contribution in [0.4, 0.5) is 0 Å². The third kappa shape index (κ3) is 1.56. The van der Waals surface area contributed by atoms with Gasteiger partial charge >= 0.3 is 0 Å². The lowest BCUT2D eigenvalue weighted by Gasteiger charge is -2.03. The molecule has 0 bridgehead atoms. The van der Waals surface area contributed by atoms with E-state index in [0.717, 1.165) is 16.8 Å². The Labute approximate surface area is 97.8 Å². The summed E-state index contributed by atoms with van der Waals surface area (Å²) in [6, 6.07) is 7.75. The van der Waals surface area contributed by atoms with Crippen molar-refractivity contribution in [2.75, 3.05) is 0 Å². The summed E-state index contributed by atoms with van der Waals surface area (Å²) < 4.78 is 1.68. The first kappa shape index (κ1) is 9.89. The molecule has 84 valence electrons. The van der Waals surface area contributed by atoms with Crippen LogP contribution in [-0.4, -0.2) is 26.0 Å². The Bertz CT molecular complexity index is 627. The second-order valence-corrected chi connectivity index (χ2v) is 3.97. The molecule has 3 rings (SSSR count). The van der Waals surface area contributed by atoms with Gasteiger partial charge in [-0.25, -0.2) is 0 Å². The smallest absolute Gasteiger partial charge is 0.161 e. The number of Topliss-reactive ketones (excluding diaryl/α,β-unsaturated/α-hetero) is 1. The van der Waals surface area contributed by atoms with E-state index in [1.807, 2.05) is 30.3 Å². The number of tetrazole rings is 1. The van der Waals surface area contributed by atoms with Crippen LogP contribution in [0.25, 0.3) is 11.8 Å². The molecule has 0 unspecified atom stereocenters. The normalized spacial score (nSPS) is 13.4. The maximum Gasteiger partial charge on any atom is 0.161 e. The van der Waals surface area contributed by atoms with Crippen LogP contribution in [0.1, 0.15) is 18.3 Å². The van der Waals surface area contributed by atoms with E-state index in [1.165, 1.54) is 0 Å². The molecule has 0 fully saturated rings. The molecule has 5 heteroatoms. The highest BCUT2D eigenvalue weighted by Gasteiger charge is 2.18. The van der Waals surface area contributed by atoms with Gasteiger partial charge in [0.25, 0.3) is 0 Å². The molecule has 0 saturated heterocycles. The van der Waals surface area contributed by atoms with E-state index < -0.39 is 0 Å². The Morgan fingerprint density at radius 3 is 3.00 bits per heavy atom. The van der Waals surface area contributed by atoms with Gasteiger partial charge in [-0.2, -0.15) is 4.68 Å². The lowest BCUT2D eigenvalue weighted by Crippen LogP contribution is -2.05. The van der Waals surface area contributed by atoms with Gasteiger partial charge in [0.2, 0.25) is 0 Å². The molecule has 1 aromatic heterocycles. The van der Waals surface area contributed by atoms with E-state index in [4.69, 9.17) is 0 Å². The Balaban J connectivity index is 2.29. The van der Waals surface area contributed by atoms with Gasteiger partial charge in [0.1, 0.15) is 0 Å². The molecule has 1 aromatic carbocycles. The highest BCUT2D eigenvalue weighted by molar-refractivity contribution is 5.98. The van der Waals surface area contributed by atoms with Crippen LogP contribution in [-0.2, 0) is 11.2 Å². The monoisotopic (exact) mass is 226 g/mol. The molecular formula is C12H10N4O. The average molecular weight is 226 g/mol. The molecule has 17 heavy (non-hydrogen) atoms. The maximum absolute atomic E-state index is 11.5. The number of carbonyl (C=O) groups excluding carboxylic acids is 1. The molecule has 0 radical (unpaired) electrons. The number of aromatic nitrogens is 4. The lowest BCUT2D eigenvalue weighted by molar-refractivity contribution is -0.113. The van der Waals surface area contributed by atoms with Crippen molar-refractivity contribution in [1.82, 2.24) is 20.2 Å². The molecule has 2 aromatic rings. The highest BCUT2D eigenvalue weighted by atomic mass is 16.1. The number of benzene rings is 1. The zero-order valence-electron chi connectivity index (χ0n) is 9.29. The lowest BCUT2D eigenvalue weighted by atomic mass is 10.1. The van der Waals surface area contributed by atoms with Crippen LogP contribution >= 0.6 is 0 Å². The minimum Gasteiger partial charge on any atom is -0.295 e. The number of para-hydroxylation sites is 1. The van der Waals surface area contributed by atoms with Gasteiger partial charge in [0.15, 0.2) is 11.6 Å². The number of ketones is 1. The maximum atomic E-state index is 11.5. The molecule has 0 N–H and O–H groups in total. The zero-order valence-corrected chi connectivity index (χ0v) is 9.29. The Morgan fingerprint density at radius 2 is 2.18 bits per heavy atom. The van der Waals surface area contributed by atoms with Gasteiger partial charge in [0, 0.05) is 17.6 Å². The van der Waals surface area contributed by atoms with Gasteiger partial charge in [-0.3, -0.25) is 4.79 Å². The van der Waals surface area contributed by atoms with Gasteiger partial charge in [-0.05, 0) is 29.5 Å². The predicted molar refractivity (Wildman–Crippen MR) is 61.5 cm³/mol. The summed E-state index contributed by atoms with van der Waals surface area (Å²) in [5.41, 5.74) is 2.60. The summed E-state index contributed by atoms with van der Waals surface area (Å²) in [5, 5.41) is 11.6. The summed E-state index contributed by atoms with van der Waals surface area (Å²) in [7, 11) is 0. The van der Waals surface area contributed by atoms with Crippen molar-refractivity contribution >= 4 is 11.9 Å². The first-order chi connectivity index (χ1) is 8.25. The van der Waals surface area contributed by atoms with Gasteiger partial charge in [-0.15, -0.1) is 5.10 Å². The zero-order chi connectivity index (χ0) is 11.8. The van der Waals surface area contributed by atoms with E-state index in [-0.39, 0.29) is 5.78 Å². The van der Waals surface area contributed by atoms with Crippen molar-refractivity contribution in [3.8, 4) is 5.69 Å². The SMILES string of the molecule is CC(=O)C1=Cc2ccccc2-n2nnnc2C1. The number of nitrogens with zero attached hydrogens (tertiary/aromatic N) is 4. The van der Waals surface area contributed by atoms with Crippen LogP contribution < -0.4 is 0 Å². The van der Waals surface area contributed by atoms with Gasteiger partial charge in [0.05, 0.1) is 5.69 Å². The first-order valence-electron chi connectivity index (χ1n) is 5.34. The topological polar surface area (TPSA) is 60.7 Å². The van der Waals surface area contributed by atoms with Gasteiger partial charge < -0.3 is 0 Å². The largest absolute Gasteiger partial charge is 0.295 e. The molecular weight excluding hydrogens is 216 g/mol. The molecule has 0 amide bonds. The number of allylic oxidation sites excluding steroid dienone is 1. The van der Waals surface area contributed by atoms with E-state index in [9.17, 15) is 4.79 Å². The molecule has 0 spiro atoms. The standard InChI is InChI=1S/C12H10N4O/c1-8(17)10-6-9-4-2-3-5-11(9)16-12(7-10)13-14-15-16/h2-6H,7H2,1H3. The highest BCUT2D eigenvalue weighted by Crippen LogP contribution is 2.23. The molecule has 0 atom stereocenters. The third-order valence-corrected chi connectivity index (χ3v) is 2.83. The fraction of sp³-hybridized carbons (Fsp3) is 0.167. The van der Waals surface area contributed by atoms with E-state index in [2.05, 4.69) is 15.5 Å². The molecule has 0 saturated carbocycles. The van der Waals surface area contributed by atoms with Crippen LogP contribution in [0.15, 0.2) is 29.8 Å². The molecule has 1 aliphatic heterocycles. The summed E-state index contributed by atoms with van der Waals surface area (Å²) in [4.78, 5) is 11.5. The van der Waals surface area contributed by atoms with E-state index >= 15 is 0 Å². The number of hydrogen-bond donors (Lipinski definition) is 0. The summed E-state index contributed by atoms with van der Waals surface area (Å²) in [6.45, 7) is 1.56. The molecule has 0 aliphatic carbocycles. The summed E-state index contributed by atoms with van der Waals surface area (Å²) in [6.07, 6.45) is 2.37. The Kier molecular flexibility index (Phi) is 2.11. The number of carbonyl (C=O) groups is 1. The number of hydrogen-bond acceptors (Lipinski definition) is 4. The summed E-state index contributed by atoms with van der Waals surface area (Å²) >= 11 is 0. The van der Waals surface area contributed by atoms with E-state index in [1.54, 1.807) is 11.6 Å². The van der Waals surface area contributed by atoms with Crippen molar-refractivity contribution in [2.24, 2.45) is 0 Å².